The molecule has 0 spiro atoms. The van der Waals surface area contributed by atoms with Gasteiger partial charge in [0.1, 0.15) is 0 Å². The standard InChI is InChI=1S/C15H20FN3O2S/c1-13-10-15(18(2)17-13)12-19(8-9-22(16,20)21)11-14-6-4-3-5-7-14/h3-7,10H,8-9,11-12H2,1-2H3. The topological polar surface area (TPSA) is 55.2 Å². The van der Waals surface area contributed by atoms with Gasteiger partial charge in [-0.3, -0.25) is 9.58 Å². The largest absolute Gasteiger partial charge is 0.303 e. The molecule has 0 fully saturated rings. The van der Waals surface area contributed by atoms with Crippen LogP contribution in [0.15, 0.2) is 36.4 Å². The molecule has 1 aromatic carbocycles. The fraction of sp³-hybridized carbons (Fsp3) is 0.400. The summed E-state index contributed by atoms with van der Waals surface area (Å²) in [6, 6.07) is 11.6. The number of rotatable bonds is 7. The zero-order valence-electron chi connectivity index (χ0n) is 12.7. The Kier molecular flexibility index (Phi) is 5.31. The van der Waals surface area contributed by atoms with E-state index >= 15 is 0 Å². The van der Waals surface area contributed by atoms with Crippen molar-refractivity contribution in [3.05, 3.63) is 53.3 Å². The molecule has 0 aliphatic heterocycles. The van der Waals surface area contributed by atoms with Crippen LogP contribution >= 0.6 is 0 Å². The summed E-state index contributed by atoms with van der Waals surface area (Å²) in [6.07, 6.45) is 0. The third-order valence-electron chi connectivity index (χ3n) is 3.38. The lowest BCUT2D eigenvalue weighted by Gasteiger charge is -2.21. The van der Waals surface area contributed by atoms with Crippen LogP contribution < -0.4 is 0 Å². The normalized spacial score (nSPS) is 12.0. The molecule has 120 valence electrons. The first kappa shape index (κ1) is 16.6. The molecule has 1 heterocycles. The van der Waals surface area contributed by atoms with Crippen LogP contribution in [-0.4, -0.2) is 35.4 Å². The maximum atomic E-state index is 12.8. The maximum Gasteiger partial charge on any atom is 0.303 e. The Bertz CT molecular complexity index is 714. The number of aryl methyl sites for hydroxylation is 2. The van der Waals surface area contributed by atoms with Gasteiger partial charge in [0.15, 0.2) is 0 Å². The molecule has 0 aliphatic carbocycles. The van der Waals surface area contributed by atoms with E-state index in [4.69, 9.17) is 0 Å². The molecule has 0 unspecified atom stereocenters. The molecule has 0 saturated heterocycles. The Morgan fingerprint density at radius 2 is 1.91 bits per heavy atom. The highest BCUT2D eigenvalue weighted by molar-refractivity contribution is 7.86. The van der Waals surface area contributed by atoms with Gasteiger partial charge in [0.2, 0.25) is 0 Å². The first-order chi connectivity index (χ1) is 10.3. The second kappa shape index (κ2) is 7.02. The predicted molar refractivity (Wildman–Crippen MR) is 83.4 cm³/mol. The van der Waals surface area contributed by atoms with Gasteiger partial charge in [-0.25, -0.2) is 0 Å². The zero-order chi connectivity index (χ0) is 16.2. The van der Waals surface area contributed by atoms with E-state index < -0.39 is 16.0 Å². The van der Waals surface area contributed by atoms with Crippen LogP contribution in [0.3, 0.4) is 0 Å². The van der Waals surface area contributed by atoms with Crippen LogP contribution in [0.1, 0.15) is 17.0 Å². The minimum atomic E-state index is -4.47. The summed E-state index contributed by atoms with van der Waals surface area (Å²) < 4.78 is 36.2. The van der Waals surface area contributed by atoms with Crippen molar-refractivity contribution in [3.63, 3.8) is 0 Å². The minimum absolute atomic E-state index is 0.137. The number of halogens is 1. The van der Waals surface area contributed by atoms with Gasteiger partial charge in [-0.1, -0.05) is 30.3 Å². The Labute approximate surface area is 130 Å². The summed E-state index contributed by atoms with van der Waals surface area (Å²) in [5.41, 5.74) is 2.91. The van der Waals surface area contributed by atoms with Crippen molar-refractivity contribution in [1.82, 2.24) is 14.7 Å². The predicted octanol–water partition coefficient (Wildman–Crippen LogP) is 2.03. The Morgan fingerprint density at radius 3 is 2.45 bits per heavy atom. The average Bonchev–Trinajstić information content (AvgIpc) is 2.74. The number of aromatic nitrogens is 2. The third-order valence-corrected chi connectivity index (χ3v) is 4.06. The fourth-order valence-corrected chi connectivity index (χ4v) is 2.81. The van der Waals surface area contributed by atoms with Crippen molar-refractivity contribution in [1.29, 1.82) is 0 Å². The molecule has 7 heteroatoms. The van der Waals surface area contributed by atoms with Crippen LogP contribution in [0.25, 0.3) is 0 Å². The summed E-state index contributed by atoms with van der Waals surface area (Å²) >= 11 is 0. The van der Waals surface area contributed by atoms with E-state index in [0.717, 1.165) is 17.0 Å². The highest BCUT2D eigenvalue weighted by atomic mass is 32.3. The summed E-state index contributed by atoms with van der Waals surface area (Å²) in [5.74, 6) is -0.503. The van der Waals surface area contributed by atoms with Gasteiger partial charge in [0, 0.05) is 26.7 Å². The molecular weight excluding hydrogens is 305 g/mol. The summed E-state index contributed by atoms with van der Waals surface area (Å²) in [5, 5.41) is 4.28. The van der Waals surface area contributed by atoms with Crippen LogP contribution in [0.5, 0.6) is 0 Å². The third kappa shape index (κ3) is 5.23. The summed E-state index contributed by atoms with van der Waals surface area (Å²) in [6.45, 7) is 3.11. The number of benzene rings is 1. The van der Waals surface area contributed by atoms with Crippen molar-refractivity contribution in [2.24, 2.45) is 7.05 Å². The smallest absolute Gasteiger partial charge is 0.292 e. The number of nitrogens with zero attached hydrogens (tertiary/aromatic N) is 3. The maximum absolute atomic E-state index is 12.8. The quantitative estimate of drug-likeness (QED) is 0.731. The molecular formula is C15H20FN3O2S. The SMILES string of the molecule is Cc1cc(CN(CCS(=O)(=O)F)Cc2ccccc2)n(C)n1. The van der Waals surface area contributed by atoms with Gasteiger partial charge in [0.25, 0.3) is 0 Å². The zero-order valence-corrected chi connectivity index (χ0v) is 13.6. The van der Waals surface area contributed by atoms with E-state index in [1.54, 1.807) is 4.68 Å². The first-order valence-corrected chi connectivity index (χ1v) is 8.57. The lowest BCUT2D eigenvalue weighted by molar-refractivity contribution is 0.264. The molecule has 22 heavy (non-hydrogen) atoms. The van der Waals surface area contributed by atoms with Crippen LogP contribution in [0, 0.1) is 6.92 Å². The van der Waals surface area contributed by atoms with Crippen LogP contribution in [0.4, 0.5) is 3.89 Å². The molecule has 0 amide bonds. The molecule has 2 rings (SSSR count). The molecule has 1 aromatic heterocycles. The monoisotopic (exact) mass is 325 g/mol. The van der Waals surface area contributed by atoms with Gasteiger partial charge in [-0.15, -0.1) is 3.89 Å². The highest BCUT2D eigenvalue weighted by Crippen LogP contribution is 2.11. The molecule has 0 bridgehead atoms. The molecule has 2 aromatic rings. The first-order valence-electron chi connectivity index (χ1n) is 7.01. The Morgan fingerprint density at radius 1 is 1.23 bits per heavy atom. The van der Waals surface area contributed by atoms with Gasteiger partial charge < -0.3 is 0 Å². The highest BCUT2D eigenvalue weighted by Gasteiger charge is 2.15. The van der Waals surface area contributed by atoms with Crippen LogP contribution in [0.2, 0.25) is 0 Å². The second-order valence-electron chi connectivity index (χ2n) is 5.34. The van der Waals surface area contributed by atoms with E-state index in [1.165, 1.54) is 0 Å². The Balaban J connectivity index is 2.12. The molecule has 0 aliphatic rings. The Hall–Kier alpha value is -1.73. The van der Waals surface area contributed by atoms with Crippen molar-refractivity contribution >= 4 is 10.2 Å². The van der Waals surface area contributed by atoms with Crippen molar-refractivity contribution in [3.8, 4) is 0 Å². The van der Waals surface area contributed by atoms with Crippen molar-refractivity contribution in [2.45, 2.75) is 20.0 Å². The van der Waals surface area contributed by atoms with E-state index in [2.05, 4.69) is 5.10 Å². The van der Waals surface area contributed by atoms with E-state index in [0.29, 0.717) is 13.1 Å². The number of hydrogen-bond acceptors (Lipinski definition) is 4. The van der Waals surface area contributed by atoms with Gasteiger partial charge in [-0.05, 0) is 18.6 Å². The van der Waals surface area contributed by atoms with E-state index in [1.807, 2.05) is 55.3 Å². The lowest BCUT2D eigenvalue weighted by Crippen LogP contribution is -2.28. The van der Waals surface area contributed by atoms with Gasteiger partial charge in [-0.2, -0.15) is 13.5 Å². The van der Waals surface area contributed by atoms with Gasteiger partial charge in [0.05, 0.1) is 17.1 Å². The van der Waals surface area contributed by atoms with Gasteiger partial charge >= 0.3 is 10.2 Å². The number of hydrogen-bond donors (Lipinski definition) is 0. The summed E-state index contributed by atoms with van der Waals surface area (Å²) in [4.78, 5) is 1.91. The fourth-order valence-electron chi connectivity index (χ4n) is 2.34. The molecule has 0 atom stereocenters. The molecule has 5 nitrogen and oxygen atoms in total. The second-order valence-corrected chi connectivity index (χ2v) is 6.83. The lowest BCUT2D eigenvalue weighted by atomic mass is 10.2. The molecule has 0 N–H and O–H groups in total. The molecule has 0 radical (unpaired) electrons. The average molecular weight is 325 g/mol. The van der Waals surface area contributed by atoms with Crippen molar-refractivity contribution in [2.75, 3.05) is 12.3 Å². The van der Waals surface area contributed by atoms with E-state index in [-0.39, 0.29) is 6.54 Å². The minimum Gasteiger partial charge on any atom is -0.292 e. The van der Waals surface area contributed by atoms with Crippen molar-refractivity contribution < 1.29 is 12.3 Å². The van der Waals surface area contributed by atoms with Crippen LogP contribution in [-0.2, 0) is 30.4 Å². The molecule has 0 saturated carbocycles. The van der Waals surface area contributed by atoms with E-state index in [9.17, 15) is 12.3 Å². The summed E-state index contributed by atoms with van der Waals surface area (Å²) in [7, 11) is -2.63.